The first kappa shape index (κ1) is 13.5. The molecule has 0 aromatic carbocycles. The summed E-state index contributed by atoms with van der Waals surface area (Å²) in [7, 11) is 0. The molecule has 0 nitrogen and oxygen atoms in total. The Labute approximate surface area is 94.3 Å². The number of hydrogen-bond acceptors (Lipinski definition) is 0. The van der Waals surface area contributed by atoms with Crippen molar-refractivity contribution in [1.29, 1.82) is 0 Å². The zero-order valence-corrected chi connectivity index (χ0v) is 10.1. The molecule has 0 spiro atoms. The van der Waals surface area contributed by atoms with Gasteiger partial charge in [-0.3, -0.25) is 0 Å². The summed E-state index contributed by atoms with van der Waals surface area (Å²) in [5.74, 6) is 1.10. The summed E-state index contributed by atoms with van der Waals surface area (Å²) in [6.07, 6.45) is 14.9. The molecule has 2 saturated carbocycles. The first-order valence-corrected chi connectivity index (χ1v) is 5.93. The van der Waals surface area contributed by atoms with Crippen molar-refractivity contribution in [2.75, 3.05) is 0 Å². The van der Waals surface area contributed by atoms with E-state index in [0.29, 0.717) is 0 Å². The van der Waals surface area contributed by atoms with Gasteiger partial charge < -0.3 is 0 Å². The van der Waals surface area contributed by atoms with Crippen LogP contribution in [0.25, 0.3) is 0 Å². The van der Waals surface area contributed by atoms with Crippen LogP contribution in [0.3, 0.4) is 0 Å². The van der Waals surface area contributed by atoms with Gasteiger partial charge in [-0.2, -0.15) is 0 Å². The maximum absolute atomic E-state index is 2.30. The molecule has 2 fully saturated rings. The normalized spacial score (nSPS) is 21.9. The minimum Gasteiger partial charge on any atom is -0.0651 e. The summed E-state index contributed by atoms with van der Waals surface area (Å²) in [4.78, 5) is 0. The minimum atomic E-state index is 0. The molecular weight excluding hydrogens is 200 g/mol. The van der Waals surface area contributed by atoms with Crippen LogP contribution in [0.4, 0.5) is 0 Å². The summed E-state index contributed by atoms with van der Waals surface area (Å²) >= 11 is 0. The third-order valence-electron chi connectivity index (χ3n) is 3.30. The van der Waals surface area contributed by atoms with Crippen molar-refractivity contribution in [3.8, 4) is 0 Å². The standard InChI is InChI=1S/C7H14.C5H10.Fe/c1-2-7-5-3-4-6-7;1-2-4-5-3-1;/h7H,2-6H2,1H3;1-5H2;. The third kappa shape index (κ3) is 6.57. The molecule has 2 rings (SSSR count). The van der Waals surface area contributed by atoms with E-state index in [0.717, 1.165) is 5.92 Å². The van der Waals surface area contributed by atoms with Crippen LogP contribution in [0.2, 0.25) is 0 Å². The Hall–Kier alpha value is 0.519. The van der Waals surface area contributed by atoms with Gasteiger partial charge in [-0.05, 0) is 5.92 Å². The van der Waals surface area contributed by atoms with Crippen LogP contribution in [-0.2, 0) is 17.1 Å². The Morgan fingerprint density at radius 1 is 0.769 bits per heavy atom. The van der Waals surface area contributed by atoms with Gasteiger partial charge in [-0.1, -0.05) is 71.1 Å². The topological polar surface area (TPSA) is 0 Å². The van der Waals surface area contributed by atoms with Gasteiger partial charge in [0.25, 0.3) is 0 Å². The van der Waals surface area contributed by atoms with E-state index in [-0.39, 0.29) is 17.1 Å². The quantitative estimate of drug-likeness (QED) is 0.574. The fourth-order valence-electron chi connectivity index (χ4n) is 2.30. The molecule has 2 aliphatic carbocycles. The molecule has 0 N–H and O–H groups in total. The third-order valence-corrected chi connectivity index (χ3v) is 3.30. The Morgan fingerprint density at radius 2 is 1.15 bits per heavy atom. The summed E-state index contributed by atoms with van der Waals surface area (Å²) in [5, 5.41) is 0. The van der Waals surface area contributed by atoms with E-state index >= 15 is 0 Å². The monoisotopic (exact) mass is 224 g/mol. The van der Waals surface area contributed by atoms with Crippen LogP contribution >= 0.6 is 0 Å². The predicted octanol–water partition coefficient (Wildman–Crippen LogP) is 4.53. The van der Waals surface area contributed by atoms with Crippen LogP contribution in [0.1, 0.15) is 71.1 Å². The van der Waals surface area contributed by atoms with Gasteiger partial charge in [0, 0.05) is 17.1 Å². The molecule has 0 amide bonds. The van der Waals surface area contributed by atoms with E-state index in [4.69, 9.17) is 0 Å². The Morgan fingerprint density at radius 3 is 1.38 bits per heavy atom. The van der Waals surface area contributed by atoms with Crippen LogP contribution in [0.5, 0.6) is 0 Å². The van der Waals surface area contributed by atoms with E-state index in [1.165, 1.54) is 64.2 Å². The van der Waals surface area contributed by atoms with Crippen molar-refractivity contribution in [2.45, 2.75) is 71.1 Å². The smallest absolute Gasteiger partial charge is 0 e. The van der Waals surface area contributed by atoms with Crippen LogP contribution in [-0.4, -0.2) is 0 Å². The van der Waals surface area contributed by atoms with Crippen molar-refractivity contribution in [3.63, 3.8) is 0 Å². The van der Waals surface area contributed by atoms with Crippen LogP contribution in [0.15, 0.2) is 0 Å². The fourth-order valence-corrected chi connectivity index (χ4v) is 2.30. The summed E-state index contributed by atoms with van der Waals surface area (Å²) in [5.41, 5.74) is 0. The number of rotatable bonds is 1. The van der Waals surface area contributed by atoms with Gasteiger partial charge in [0.1, 0.15) is 0 Å². The first-order valence-electron chi connectivity index (χ1n) is 5.93. The van der Waals surface area contributed by atoms with Crippen LogP contribution in [0, 0.1) is 5.92 Å². The van der Waals surface area contributed by atoms with E-state index in [2.05, 4.69) is 6.92 Å². The second-order valence-corrected chi connectivity index (χ2v) is 4.33. The number of hydrogen-bond donors (Lipinski definition) is 0. The maximum atomic E-state index is 2.30. The molecule has 0 aliphatic heterocycles. The zero-order valence-electron chi connectivity index (χ0n) is 9.00. The molecule has 0 saturated heterocycles. The molecule has 0 radical (unpaired) electrons. The van der Waals surface area contributed by atoms with Crippen molar-refractivity contribution < 1.29 is 17.1 Å². The molecule has 0 aromatic rings. The van der Waals surface area contributed by atoms with Gasteiger partial charge in [-0.15, -0.1) is 0 Å². The molecule has 80 valence electrons. The van der Waals surface area contributed by atoms with Gasteiger partial charge in [0.2, 0.25) is 0 Å². The molecule has 0 heterocycles. The first-order chi connectivity index (χ1) is 5.93. The summed E-state index contributed by atoms with van der Waals surface area (Å²) < 4.78 is 0. The van der Waals surface area contributed by atoms with Crippen molar-refractivity contribution in [2.24, 2.45) is 5.92 Å². The molecule has 0 aromatic heterocycles. The molecule has 13 heavy (non-hydrogen) atoms. The van der Waals surface area contributed by atoms with Crippen LogP contribution < -0.4 is 0 Å². The Bertz CT molecular complexity index is 83.7. The average Bonchev–Trinajstić information content (AvgIpc) is 2.81. The van der Waals surface area contributed by atoms with Crippen molar-refractivity contribution >= 4 is 0 Å². The largest absolute Gasteiger partial charge is 0.0651 e. The van der Waals surface area contributed by atoms with Gasteiger partial charge in [0.15, 0.2) is 0 Å². The van der Waals surface area contributed by atoms with Crippen molar-refractivity contribution in [1.82, 2.24) is 0 Å². The SMILES string of the molecule is C1CCCC1.CCC1CCCC1.[Fe]. The maximum Gasteiger partial charge on any atom is 0 e. The molecule has 0 unspecified atom stereocenters. The molecule has 2 aliphatic rings. The molecule has 0 atom stereocenters. The second-order valence-electron chi connectivity index (χ2n) is 4.33. The minimum absolute atomic E-state index is 0. The second kappa shape index (κ2) is 9.09. The van der Waals surface area contributed by atoms with Gasteiger partial charge in [0.05, 0.1) is 0 Å². The van der Waals surface area contributed by atoms with E-state index in [9.17, 15) is 0 Å². The summed E-state index contributed by atoms with van der Waals surface area (Å²) in [6.45, 7) is 2.30. The fraction of sp³-hybridized carbons (Fsp3) is 1.00. The molecule has 1 heteroatoms. The predicted molar refractivity (Wildman–Crippen MR) is 55.3 cm³/mol. The van der Waals surface area contributed by atoms with E-state index in [1.807, 2.05) is 0 Å². The molecular formula is C12H24Fe. The van der Waals surface area contributed by atoms with E-state index in [1.54, 1.807) is 0 Å². The summed E-state index contributed by atoms with van der Waals surface area (Å²) in [6, 6.07) is 0. The molecule has 0 bridgehead atoms. The Balaban J connectivity index is 0.000000215. The average molecular weight is 224 g/mol. The zero-order chi connectivity index (χ0) is 8.65. The Kier molecular flexibility index (Phi) is 9.45. The van der Waals surface area contributed by atoms with E-state index < -0.39 is 0 Å². The van der Waals surface area contributed by atoms with Gasteiger partial charge in [-0.25, -0.2) is 0 Å². The van der Waals surface area contributed by atoms with Crippen molar-refractivity contribution in [3.05, 3.63) is 0 Å². The van der Waals surface area contributed by atoms with Gasteiger partial charge >= 0.3 is 0 Å².